The third-order valence-electron chi connectivity index (χ3n) is 4.09. The molecule has 128 valence electrons. The van der Waals surface area contributed by atoms with E-state index in [4.69, 9.17) is 5.26 Å². The largest absolute Gasteiger partial charge is 1.00 e. The van der Waals surface area contributed by atoms with E-state index in [0.717, 1.165) is 12.8 Å². The third-order valence-corrected chi connectivity index (χ3v) is 4.09. The maximum absolute atomic E-state index is 10.7. The summed E-state index contributed by atoms with van der Waals surface area (Å²) in [4.78, 5) is 14.3. The van der Waals surface area contributed by atoms with Crippen molar-refractivity contribution >= 4 is 5.97 Å². The summed E-state index contributed by atoms with van der Waals surface area (Å²) in [6.45, 7) is 2.27. The molecule has 3 nitrogen and oxygen atoms in total. The first-order valence-corrected chi connectivity index (χ1v) is 9.15. The summed E-state index contributed by atoms with van der Waals surface area (Å²) in [6, 6.07) is 0. The van der Waals surface area contributed by atoms with Crippen LogP contribution in [0.1, 0.15) is 111 Å². The maximum Gasteiger partial charge on any atom is 1.00 e. The minimum Gasteiger partial charge on any atom is -1.00 e. The molecule has 0 aromatic carbocycles. The monoisotopic (exact) mass is 308 g/mol. The molecular weight excluding hydrogens is 271 g/mol. The van der Waals surface area contributed by atoms with Crippen LogP contribution < -0.4 is 18.9 Å². The number of carbonyl (C=O) groups is 1. The van der Waals surface area contributed by atoms with E-state index in [1.165, 1.54) is 83.5 Å². The Morgan fingerprint density at radius 3 is 1.36 bits per heavy atom. The van der Waals surface area contributed by atoms with E-state index < -0.39 is 5.97 Å². The normalized spacial score (nSPS) is 10.3. The summed E-state index contributed by atoms with van der Waals surface area (Å²) >= 11 is 0. The van der Waals surface area contributed by atoms with Gasteiger partial charge in [0, 0.05) is 6.42 Å². The molecule has 1 N–H and O–H groups in total. The fraction of sp³-hybridized carbons (Fsp3) is 0.944. The maximum atomic E-state index is 10.7. The van der Waals surface area contributed by atoms with Crippen molar-refractivity contribution in [3.05, 3.63) is 0 Å². The molecular formula is C18H37LiO3. The summed E-state index contributed by atoms with van der Waals surface area (Å²) in [7, 11) is 0. The van der Waals surface area contributed by atoms with Crippen LogP contribution in [0.2, 0.25) is 0 Å². The Kier molecular flexibility index (Phi) is 23.2. The molecule has 0 aliphatic carbocycles. The van der Waals surface area contributed by atoms with Crippen molar-refractivity contribution in [1.82, 2.24) is 0 Å². The Bertz CT molecular complexity index is 228. The molecule has 0 bridgehead atoms. The Hall–Kier alpha value is 0.0274. The SMILES string of the molecule is CCCCCCCCCCCCCCCCCC(=O)OO.[H-].[Li+]. The molecule has 0 saturated heterocycles. The Balaban J connectivity index is -0.00000200. The van der Waals surface area contributed by atoms with Crippen molar-refractivity contribution in [1.29, 1.82) is 0 Å². The molecule has 0 aromatic heterocycles. The zero-order valence-corrected chi connectivity index (χ0v) is 15.1. The summed E-state index contributed by atoms with van der Waals surface area (Å²) in [5.41, 5.74) is 0. The molecule has 0 amide bonds. The van der Waals surface area contributed by atoms with Crippen LogP contribution in [0.5, 0.6) is 0 Å². The number of hydrogen-bond acceptors (Lipinski definition) is 3. The van der Waals surface area contributed by atoms with Crippen LogP contribution >= 0.6 is 0 Å². The van der Waals surface area contributed by atoms with Gasteiger partial charge in [-0.2, -0.15) is 5.26 Å². The zero-order chi connectivity index (χ0) is 15.6. The van der Waals surface area contributed by atoms with Crippen molar-refractivity contribution < 1.29 is 35.2 Å². The molecule has 0 fully saturated rings. The van der Waals surface area contributed by atoms with E-state index in [0.29, 0.717) is 6.42 Å². The molecule has 0 saturated carbocycles. The minimum atomic E-state index is -0.510. The van der Waals surface area contributed by atoms with E-state index in [9.17, 15) is 4.79 Å². The molecule has 0 aliphatic heterocycles. The zero-order valence-electron chi connectivity index (χ0n) is 16.1. The van der Waals surface area contributed by atoms with Crippen LogP contribution in [0.15, 0.2) is 0 Å². The van der Waals surface area contributed by atoms with E-state index in [-0.39, 0.29) is 20.3 Å². The Labute approximate surface area is 151 Å². The fourth-order valence-corrected chi connectivity index (χ4v) is 2.69. The average molecular weight is 308 g/mol. The smallest absolute Gasteiger partial charge is 1.00 e. The third kappa shape index (κ3) is 20.0. The molecule has 0 spiro atoms. The van der Waals surface area contributed by atoms with Crippen molar-refractivity contribution in [2.75, 3.05) is 0 Å². The van der Waals surface area contributed by atoms with E-state index in [1.54, 1.807) is 0 Å². The average Bonchev–Trinajstić information content (AvgIpc) is 2.50. The standard InChI is InChI=1S/C18H36O3.Li.H/c1-2-3-4-5-6-7-8-9-10-11-12-13-14-15-16-17-18(19)21-20;;/h20H,2-17H2,1H3;;/q;+1;-1. The molecule has 22 heavy (non-hydrogen) atoms. The Morgan fingerprint density at radius 1 is 0.727 bits per heavy atom. The molecule has 0 aliphatic rings. The molecule has 0 aromatic rings. The van der Waals surface area contributed by atoms with E-state index >= 15 is 0 Å². The molecule has 0 radical (unpaired) electrons. The topological polar surface area (TPSA) is 46.5 Å². The van der Waals surface area contributed by atoms with Crippen LogP contribution in [-0.4, -0.2) is 11.2 Å². The first-order chi connectivity index (χ1) is 10.3. The van der Waals surface area contributed by atoms with Crippen LogP contribution in [0.4, 0.5) is 0 Å². The molecule has 4 heteroatoms. The van der Waals surface area contributed by atoms with Gasteiger partial charge in [-0.1, -0.05) is 96.8 Å². The predicted octanol–water partition coefficient (Wildman–Crippen LogP) is 3.38. The second-order valence-corrected chi connectivity index (χ2v) is 6.16. The van der Waals surface area contributed by atoms with Gasteiger partial charge in [-0.15, -0.1) is 0 Å². The number of carbonyl (C=O) groups excluding carboxylic acids is 1. The number of unbranched alkanes of at least 4 members (excludes halogenated alkanes) is 14. The molecule has 0 rings (SSSR count). The molecule has 0 unspecified atom stereocenters. The summed E-state index contributed by atoms with van der Waals surface area (Å²) < 4.78 is 0. The van der Waals surface area contributed by atoms with Crippen LogP contribution in [0, 0.1) is 0 Å². The number of rotatable bonds is 16. The van der Waals surface area contributed by atoms with Gasteiger partial charge >= 0.3 is 24.8 Å². The van der Waals surface area contributed by atoms with Gasteiger partial charge in [-0.05, 0) is 6.42 Å². The van der Waals surface area contributed by atoms with Crippen LogP contribution in [0.3, 0.4) is 0 Å². The van der Waals surface area contributed by atoms with Gasteiger partial charge in [0.25, 0.3) is 0 Å². The molecule has 0 atom stereocenters. The first-order valence-electron chi connectivity index (χ1n) is 9.15. The van der Waals surface area contributed by atoms with Gasteiger partial charge < -0.3 is 6.31 Å². The van der Waals surface area contributed by atoms with Gasteiger partial charge in [0.2, 0.25) is 0 Å². The van der Waals surface area contributed by atoms with Gasteiger partial charge in [0.1, 0.15) is 0 Å². The van der Waals surface area contributed by atoms with Crippen molar-refractivity contribution in [3.63, 3.8) is 0 Å². The van der Waals surface area contributed by atoms with Crippen molar-refractivity contribution in [3.8, 4) is 0 Å². The minimum absolute atomic E-state index is 0. The summed E-state index contributed by atoms with van der Waals surface area (Å²) in [5, 5.41) is 8.10. The predicted molar refractivity (Wildman–Crippen MR) is 89.4 cm³/mol. The van der Waals surface area contributed by atoms with Gasteiger partial charge in [0.05, 0.1) is 0 Å². The van der Waals surface area contributed by atoms with Gasteiger partial charge in [-0.3, -0.25) is 0 Å². The fourth-order valence-electron chi connectivity index (χ4n) is 2.69. The van der Waals surface area contributed by atoms with E-state index in [1.807, 2.05) is 0 Å². The quantitative estimate of drug-likeness (QED) is 0.206. The van der Waals surface area contributed by atoms with Crippen LogP contribution in [0.25, 0.3) is 0 Å². The summed E-state index contributed by atoms with van der Waals surface area (Å²) in [5.74, 6) is -0.510. The van der Waals surface area contributed by atoms with Crippen molar-refractivity contribution in [2.45, 2.75) is 110 Å². The summed E-state index contributed by atoms with van der Waals surface area (Å²) in [6.07, 6.45) is 20.0. The first kappa shape index (κ1) is 24.3. The van der Waals surface area contributed by atoms with Crippen LogP contribution in [-0.2, 0) is 9.68 Å². The van der Waals surface area contributed by atoms with E-state index in [2.05, 4.69) is 11.8 Å². The van der Waals surface area contributed by atoms with Gasteiger partial charge in [0.15, 0.2) is 0 Å². The second kappa shape index (κ2) is 21.0. The van der Waals surface area contributed by atoms with Crippen molar-refractivity contribution in [2.24, 2.45) is 0 Å². The number of hydrogen-bond donors (Lipinski definition) is 1. The van der Waals surface area contributed by atoms with Gasteiger partial charge in [-0.25, -0.2) is 4.79 Å². The molecule has 0 heterocycles. The Morgan fingerprint density at radius 2 is 1.05 bits per heavy atom. The second-order valence-electron chi connectivity index (χ2n) is 6.16.